The summed E-state index contributed by atoms with van der Waals surface area (Å²) >= 11 is 0. The van der Waals surface area contributed by atoms with Gasteiger partial charge in [0.1, 0.15) is 11.5 Å². The first-order valence-electron chi connectivity index (χ1n) is 45.5. The van der Waals surface area contributed by atoms with Crippen molar-refractivity contribution in [1.82, 2.24) is 0 Å². The SMILES string of the molecule is CCOc1ccc(/C=C/c2ccc(N(c3ccc(-c4ccc(N(c5ccc(/C=C/c6ccc(C)cc6C)cc5)c5c(C)cccc5CC)cc4)cc3)c3c(C)cccc3CC)cc2)c(C)c1.CCc1cccc(C)c1N(c1ccc(/C=C/c2cccc(C)c2)cc1)c1ccc(-c2ccc(N(c3ccc(/C=C/c4cccc(OC)c4)cc3)c3c(C)cccc3CC)cc2)cc1. The van der Waals surface area contributed by atoms with Crippen LogP contribution in [0.3, 0.4) is 0 Å². The van der Waals surface area contributed by atoms with Gasteiger partial charge in [0.15, 0.2) is 0 Å². The van der Waals surface area contributed by atoms with E-state index >= 15 is 0 Å². The van der Waals surface area contributed by atoms with E-state index in [1.807, 2.05) is 31.2 Å². The molecular weight excluding hydrogens is 1570 g/mol. The minimum Gasteiger partial charge on any atom is -0.497 e. The molecule has 0 aliphatic heterocycles. The Morgan fingerprint density at radius 2 is 0.488 bits per heavy atom. The monoisotopic (exact) mass is 1680 g/mol. The summed E-state index contributed by atoms with van der Waals surface area (Å²) in [6, 6.07) is 128. The van der Waals surface area contributed by atoms with Crippen molar-refractivity contribution >= 4 is 117 Å². The molecule has 0 aliphatic rings. The van der Waals surface area contributed by atoms with E-state index in [9.17, 15) is 0 Å². The number of hydrogen-bond donors (Lipinski definition) is 0. The van der Waals surface area contributed by atoms with Gasteiger partial charge in [-0.25, -0.2) is 0 Å². The van der Waals surface area contributed by atoms with E-state index in [0.717, 1.165) is 99.4 Å². The molecule has 0 atom stereocenters. The lowest BCUT2D eigenvalue weighted by atomic mass is 10.00. The van der Waals surface area contributed by atoms with Crippen LogP contribution in [0.5, 0.6) is 11.5 Å². The molecule has 129 heavy (non-hydrogen) atoms. The van der Waals surface area contributed by atoms with E-state index in [-0.39, 0.29) is 0 Å². The maximum Gasteiger partial charge on any atom is 0.119 e. The standard InChI is InChI=1S/C63H62N2O.C60H56N2O/c1-9-51-16-12-14-45(5)62(51)64(57-33-21-49(22-34-57)19-26-53-25-18-44(4)42-47(53)7)59-37-28-55(29-38-59)56-30-39-60(40-31-56)65(63-46(6)15-13-17-52(63)10-2)58-35-23-50(24-36-58)20-27-54-32-41-61(66-11-3)43-48(54)8;1-7-50-18-10-14-44(4)59(50)61(54-33-25-46(26-34-54)21-23-48-16-9-13-43(3)41-48)56-37-29-52(30-38-56)53-31-39-57(40-32-53)62(60-45(5)15-11-19-51(60)8-2)55-35-27-47(28-36-55)22-24-49-17-12-20-58(42-49)63-6/h12-43H,9-11H2,1-8H3;9-42H,7-8H2,1-6H3/b26-19+,27-20+;23-21+,24-22+. The molecule has 0 amide bonds. The van der Waals surface area contributed by atoms with Gasteiger partial charge in [-0.1, -0.05) is 318 Å². The van der Waals surface area contributed by atoms with Crippen LogP contribution in [0.2, 0.25) is 0 Å². The number of benzene rings is 16. The second kappa shape index (κ2) is 42.1. The molecule has 16 rings (SSSR count). The number of para-hydroxylation sites is 4. The van der Waals surface area contributed by atoms with E-state index in [2.05, 4.69) is 479 Å². The molecule has 16 aromatic carbocycles. The van der Waals surface area contributed by atoms with Crippen molar-refractivity contribution in [3.8, 4) is 33.8 Å². The summed E-state index contributed by atoms with van der Waals surface area (Å²) in [5.41, 5.74) is 43.3. The second-order valence-electron chi connectivity index (χ2n) is 33.5. The van der Waals surface area contributed by atoms with Gasteiger partial charge in [-0.15, -0.1) is 0 Å². The van der Waals surface area contributed by atoms with Gasteiger partial charge in [-0.2, -0.15) is 0 Å². The molecule has 0 aromatic heterocycles. The molecular formula is C123H118N4O2. The Kier molecular flexibility index (Phi) is 29.1. The average molecular weight is 1680 g/mol. The number of nitrogens with zero attached hydrogens (tertiary/aromatic N) is 4. The lowest BCUT2D eigenvalue weighted by Crippen LogP contribution is -2.13. The van der Waals surface area contributed by atoms with Gasteiger partial charge in [-0.3, -0.25) is 0 Å². The van der Waals surface area contributed by atoms with Crippen LogP contribution in [-0.4, -0.2) is 13.7 Å². The summed E-state index contributed by atoms with van der Waals surface area (Å²) in [5.74, 6) is 1.76. The Bertz CT molecular complexity index is 6630. The highest BCUT2D eigenvalue weighted by molar-refractivity contribution is 5.89. The van der Waals surface area contributed by atoms with Crippen LogP contribution < -0.4 is 29.1 Å². The predicted molar refractivity (Wildman–Crippen MR) is 557 cm³/mol. The van der Waals surface area contributed by atoms with Gasteiger partial charge in [-0.05, 0) is 332 Å². The predicted octanol–water partition coefficient (Wildman–Crippen LogP) is 34.4. The van der Waals surface area contributed by atoms with Crippen molar-refractivity contribution in [2.75, 3.05) is 33.3 Å². The first kappa shape index (κ1) is 89.1. The minimum absolute atomic E-state index is 0.665. The maximum atomic E-state index is 5.71. The molecule has 0 saturated heterocycles. The van der Waals surface area contributed by atoms with Crippen molar-refractivity contribution in [2.24, 2.45) is 0 Å². The third-order valence-corrected chi connectivity index (χ3v) is 24.4. The first-order valence-corrected chi connectivity index (χ1v) is 45.5. The normalized spacial score (nSPS) is 11.4. The molecule has 0 radical (unpaired) electrons. The zero-order chi connectivity index (χ0) is 89.9. The van der Waals surface area contributed by atoms with Gasteiger partial charge < -0.3 is 29.1 Å². The summed E-state index contributed by atoms with van der Waals surface area (Å²) < 4.78 is 11.1. The quantitative estimate of drug-likeness (QED) is 0.0434. The van der Waals surface area contributed by atoms with Crippen LogP contribution in [0, 0.1) is 55.4 Å². The molecule has 0 unspecified atom stereocenters. The highest BCUT2D eigenvalue weighted by Gasteiger charge is 2.24. The molecule has 0 heterocycles. The number of hydrogen-bond acceptors (Lipinski definition) is 6. The van der Waals surface area contributed by atoms with Crippen LogP contribution in [0.1, 0.15) is 146 Å². The van der Waals surface area contributed by atoms with Crippen LogP contribution in [-0.2, 0) is 25.7 Å². The average Bonchev–Trinajstić information content (AvgIpc) is 0.788. The largest absolute Gasteiger partial charge is 0.497 e. The molecule has 0 bridgehead atoms. The second-order valence-corrected chi connectivity index (χ2v) is 33.5. The minimum atomic E-state index is 0.665. The highest BCUT2D eigenvalue weighted by Crippen LogP contribution is 2.46. The van der Waals surface area contributed by atoms with Crippen LogP contribution in [0.25, 0.3) is 70.9 Å². The Balaban J connectivity index is 0.000000198. The zero-order valence-electron chi connectivity index (χ0n) is 77.2. The molecule has 0 saturated carbocycles. The Morgan fingerprint density at radius 1 is 0.217 bits per heavy atom. The third kappa shape index (κ3) is 21.4. The van der Waals surface area contributed by atoms with Crippen molar-refractivity contribution < 1.29 is 9.47 Å². The Morgan fingerprint density at radius 3 is 0.783 bits per heavy atom. The lowest BCUT2D eigenvalue weighted by molar-refractivity contribution is 0.340. The fourth-order valence-electron chi connectivity index (χ4n) is 17.5. The van der Waals surface area contributed by atoms with Gasteiger partial charge in [0.05, 0.1) is 36.5 Å². The van der Waals surface area contributed by atoms with E-state index in [4.69, 9.17) is 9.47 Å². The van der Waals surface area contributed by atoms with E-state index in [1.54, 1.807) is 7.11 Å². The van der Waals surface area contributed by atoms with E-state index in [1.165, 1.54) is 140 Å². The number of ether oxygens (including phenoxy) is 2. The molecule has 6 nitrogen and oxygen atoms in total. The fraction of sp³-hybridized carbons (Fsp3) is 0.154. The summed E-state index contributed by atoms with van der Waals surface area (Å²) in [4.78, 5) is 9.67. The summed E-state index contributed by atoms with van der Waals surface area (Å²) in [7, 11) is 1.70. The topological polar surface area (TPSA) is 31.4 Å². The van der Waals surface area contributed by atoms with E-state index < -0.39 is 0 Å². The molecule has 0 N–H and O–H groups in total. The van der Waals surface area contributed by atoms with Crippen molar-refractivity contribution in [2.45, 2.75) is 116 Å². The highest BCUT2D eigenvalue weighted by atomic mass is 16.5. The summed E-state index contributed by atoms with van der Waals surface area (Å²) in [6.45, 7) is 29.1. The van der Waals surface area contributed by atoms with Crippen LogP contribution in [0.15, 0.2) is 352 Å². The Hall–Kier alpha value is -14.7. The summed E-state index contributed by atoms with van der Waals surface area (Å²) in [5, 5.41) is 0. The van der Waals surface area contributed by atoms with Crippen LogP contribution in [0.4, 0.5) is 68.2 Å². The van der Waals surface area contributed by atoms with Crippen molar-refractivity contribution in [3.63, 3.8) is 0 Å². The van der Waals surface area contributed by atoms with E-state index in [0.29, 0.717) is 6.61 Å². The van der Waals surface area contributed by atoms with Gasteiger partial charge in [0, 0.05) is 45.5 Å². The zero-order valence-corrected chi connectivity index (χ0v) is 77.2. The lowest BCUT2D eigenvalue weighted by Gasteiger charge is -2.30. The number of methoxy groups -OCH3 is 1. The van der Waals surface area contributed by atoms with Crippen LogP contribution >= 0.6 is 0 Å². The number of rotatable bonds is 29. The number of aryl methyl sites for hydroxylation is 12. The van der Waals surface area contributed by atoms with Gasteiger partial charge in [0.25, 0.3) is 0 Å². The fourth-order valence-corrected chi connectivity index (χ4v) is 17.5. The molecule has 642 valence electrons. The third-order valence-electron chi connectivity index (χ3n) is 24.4. The number of anilines is 12. The smallest absolute Gasteiger partial charge is 0.119 e. The molecule has 0 aliphatic carbocycles. The summed E-state index contributed by atoms with van der Waals surface area (Å²) in [6.07, 6.45) is 21.2. The molecule has 0 fully saturated rings. The van der Waals surface area contributed by atoms with Crippen molar-refractivity contribution in [1.29, 1.82) is 0 Å². The first-order chi connectivity index (χ1) is 62.9. The van der Waals surface area contributed by atoms with Gasteiger partial charge in [0.2, 0.25) is 0 Å². The van der Waals surface area contributed by atoms with Gasteiger partial charge >= 0.3 is 0 Å². The molecule has 16 aromatic rings. The van der Waals surface area contributed by atoms with Crippen molar-refractivity contribution in [3.05, 3.63) is 463 Å². The Labute approximate surface area is 767 Å². The molecule has 0 spiro atoms. The maximum absolute atomic E-state index is 5.71. The molecule has 6 heteroatoms.